The normalized spacial score (nSPS) is 14.2. The molecule has 1 aromatic heterocycles. The van der Waals surface area contributed by atoms with Gasteiger partial charge in [0.1, 0.15) is 23.3 Å². The number of hydrogen-bond acceptors (Lipinski definition) is 4. The quantitative estimate of drug-likeness (QED) is 0.736. The summed E-state index contributed by atoms with van der Waals surface area (Å²) in [6.45, 7) is 2.72. The molecule has 24 heavy (non-hydrogen) atoms. The predicted octanol–water partition coefficient (Wildman–Crippen LogP) is 4.97. The Morgan fingerprint density at radius 3 is 2.79 bits per heavy atom. The van der Waals surface area contributed by atoms with Gasteiger partial charge >= 0.3 is 0 Å². The molecule has 0 unspecified atom stereocenters. The molecule has 0 saturated heterocycles. The number of benzene rings is 1. The van der Waals surface area contributed by atoms with Crippen molar-refractivity contribution in [3.05, 3.63) is 53.6 Å². The highest BCUT2D eigenvalue weighted by Gasteiger charge is 2.05. The van der Waals surface area contributed by atoms with E-state index in [-0.39, 0.29) is 5.82 Å². The Morgan fingerprint density at radius 1 is 1.12 bits per heavy atom. The summed E-state index contributed by atoms with van der Waals surface area (Å²) in [7, 11) is 0. The Labute approximate surface area is 142 Å². The minimum Gasteiger partial charge on any atom is -0.370 e. The van der Waals surface area contributed by atoms with Crippen LogP contribution < -0.4 is 10.6 Å². The summed E-state index contributed by atoms with van der Waals surface area (Å²) in [5.74, 6) is 1.85. The van der Waals surface area contributed by atoms with Gasteiger partial charge in [0.05, 0.1) is 0 Å². The number of hydrogen-bond donors (Lipinski definition) is 2. The van der Waals surface area contributed by atoms with Gasteiger partial charge in [0.25, 0.3) is 0 Å². The Balaban J connectivity index is 1.61. The average Bonchev–Trinajstić information content (AvgIpc) is 2.55. The van der Waals surface area contributed by atoms with E-state index in [1.54, 1.807) is 6.07 Å². The monoisotopic (exact) mass is 326 g/mol. The van der Waals surface area contributed by atoms with Gasteiger partial charge < -0.3 is 10.6 Å². The molecular formula is C19H23FN4. The second-order valence-corrected chi connectivity index (χ2v) is 6.11. The number of halogens is 1. The molecule has 0 saturated carbocycles. The van der Waals surface area contributed by atoms with Crippen LogP contribution in [0.1, 0.15) is 37.9 Å². The smallest absolute Gasteiger partial charge is 0.136 e. The van der Waals surface area contributed by atoms with Crippen molar-refractivity contribution in [2.75, 3.05) is 17.2 Å². The van der Waals surface area contributed by atoms with Crippen LogP contribution in [-0.4, -0.2) is 16.5 Å². The van der Waals surface area contributed by atoms with E-state index in [0.29, 0.717) is 17.3 Å². The van der Waals surface area contributed by atoms with E-state index < -0.39 is 0 Å². The first-order chi connectivity index (χ1) is 11.7. The zero-order chi connectivity index (χ0) is 16.8. The molecule has 1 aromatic carbocycles. The van der Waals surface area contributed by atoms with Gasteiger partial charge in [-0.1, -0.05) is 17.7 Å². The molecule has 0 aliphatic heterocycles. The average molecular weight is 326 g/mol. The van der Waals surface area contributed by atoms with Gasteiger partial charge in [0.2, 0.25) is 0 Å². The first-order valence-corrected chi connectivity index (χ1v) is 8.49. The Hall–Kier alpha value is -2.43. The van der Waals surface area contributed by atoms with E-state index in [0.717, 1.165) is 18.8 Å². The first-order valence-electron chi connectivity index (χ1n) is 8.49. The fourth-order valence-corrected chi connectivity index (χ4v) is 2.92. The lowest BCUT2D eigenvalue weighted by Gasteiger charge is -2.14. The lowest BCUT2D eigenvalue weighted by Crippen LogP contribution is -2.08. The Morgan fingerprint density at radius 2 is 2.00 bits per heavy atom. The fourth-order valence-electron chi connectivity index (χ4n) is 2.92. The van der Waals surface area contributed by atoms with E-state index in [1.807, 2.05) is 19.1 Å². The van der Waals surface area contributed by atoms with Crippen molar-refractivity contribution in [3.8, 4) is 0 Å². The van der Waals surface area contributed by atoms with Crippen molar-refractivity contribution in [2.24, 2.45) is 0 Å². The second-order valence-electron chi connectivity index (χ2n) is 6.11. The highest BCUT2D eigenvalue weighted by Crippen LogP contribution is 2.21. The maximum atomic E-state index is 13.3. The number of nitrogens with one attached hydrogen (secondary N) is 2. The van der Waals surface area contributed by atoms with Crippen LogP contribution in [0.4, 0.5) is 21.7 Å². The van der Waals surface area contributed by atoms with Crippen molar-refractivity contribution in [1.82, 2.24) is 9.97 Å². The van der Waals surface area contributed by atoms with Gasteiger partial charge in [-0.25, -0.2) is 14.4 Å². The molecule has 0 atom stereocenters. The SMILES string of the molecule is Cc1nc(NCCC2=CCCCC2)cc(Nc2cccc(F)c2)n1. The fraction of sp³-hybridized carbons (Fsp3) is 0.368. The van der Waals surface area contributed by atoms with Crippen molar-refractivity contribution in [1.29, 1.82) is 0 Å². The van der Waals surface area contributed by atoms with Gasteiger partial charge in [-0.15, -0.1) is 0 Å². The largest absolute Gasteiger partial charge is 0.370 e. The van der Waals surface area contributed by atoms with Crippen LogP contribution in [0, 0.1) is 12.7 Å². The molecular weight excluding hydrogens is 303 g/mol. The maximum Gasteiger partial charge on any atom is 0.136 e. The van der Waals surface area contributed by atoms with E-state index >= 15 is 0 Å². The number of aromatic nitrogens is 2. The van der Waals surface area contributed by atoms with Crippen LogP contribution in [0.25, 0.3) is 0 Å². The molecule has 3 rings (SSSR count). The third-order valence-electron chi connectivity index (χ3n) is 4.07. The number of nitrogens with zero attached hydrogens (tertiary/aromatic N) is 2. The number of aryl methyl sites for hydroxylation is 1. The molecule has 0 bridgehead atoms. The molecule has 0 spiro atoms. The lowest BCUT2D eigenvalue weighted by atomic mass is 9.97. The molecule has 1 aliphatic carbocycles. The highest BCUT2D eigenvalue weighted by atomic mass is 19.1. The van der Waals surface area contributed by atoms with E-state index in [4.69, 9.17) is 0 Å². The molecule has 1 aliphatic rings. The zero-order valence-electron chi connectivity index (χ0n) is 14.0. The molecule has 1 heterocycles. The summed E-state index contributed by atoms with van der Waals surface area (Å²) in [6, 6.07) is 8.20. The number of allylic oxidation sites excluding steroid dienone is 1. The summed E-state index contributed by atoms with van der Waals surface area (Å²) in [5, 5.41) is 6.49. The van der Waals surface area contributed by atoms with Crippen molar-refractivity contribution < 1.29 is 4.39 Å². The summed E-state index contributed by atoms with van der Waals surface area (Å²) < 4.78 is 13.3. The second kappa shape index (κ2) is 7.90. The molecule has 2 N–H and O–H groups in total. The summed E-state index contributed by atoms with van der Waals surface area (Å²) >= 11 is 0. The van der Waals surface area contributed by atoms with Gasteiger partial charge in [-0.2, -0.15) is 0 Å². The van der Waals surface area contributed by atoms with Crippen LogP contribution in [0.2, 0.25) is 0 Å². The third-order valence-corrected chi connectivity index (χ3v) is 4.07. The van der Waals surface area contributed by atoms with Crippen LogP contribution >= 0.6 is 0 Å². The van der Waals surface area contributed by atoms with E-state index in [2.05, 4.69) is 26.7 Å². The molecule has 126 valence electrons. The summed E-state index contributed by atoms with van der Waals surface area (Å²) in [5.41, 5.74) is 2.21. The van der Waals surface area contributed by atoms with Gasteiger partial charge in [-0.05, 0) is 57.2 Å². The van der Waals surface area contributed by atoms with Crippen molar-refractivity contribution in [3.63, 3.8) is 0 Å². The van der Waals surface area contributed by atoms with E-state index in [9.17, 15) is 4.39 Å². The number of rotatable bonds is 6. The maximum absolute atomic E-state index is 13.3. The van der Waals surface area contributed by atoms with Crippen molar-refractivity contribution in [2.45, 2.75) is 39.0 Å². The number of anilines is 3. The standard InChI is InChI=1S/C19H23FN4/c1-14-22-18(21-11-10-15-6-3-2-4-7-15)13-19(23-14)24-17-9-5-8-16(20)12-17/h5-6,8-9,12-13H,2-4,7,10-11H2,1H3,(H2,21,22,23,24). The van der Waals surface area contributed by atoms with Crippen molar-refractivity contribution >= 4 is 17.3 Å². The molecule has 4 nitrogen and oxygen atoms in total. The van der Waals surface area contributed by atoms with Crippen LogP contribution in [0.5, 0.6) is 0 Å². The van der Waals surface area contributed by atoms with Crippen LogP contribution in [-0.2, 0) is 0 Å². The minimum atomic E-state index is -0.273. The van der Waals surface area contributed by atoms with Gasteiger partial charge in [-0.3, -0.25) is 0 Å². The highest BCUT2D eigenvalue weighted by molar-refractivity contribution is 5.59. The summed E-state index contributed by atoms with van der Waals surface area (Å²) in [4.78, 5) is 8.78. The van der Waals surface area contributed by atoms with Gasteiger partial charge in [0.15, 0.2) is 0 Å². The van der Waals surface area contributed by atoms with Crippen LogP contribution in [0.15, 0.2) is 42.0 Å². The Bertz CT molecular complexity index is 727. The zero-order valence-corrected chi connectivity index (χ0v) is 14.0. The lowest BCUT2D eigenvalue weighted by molar-refractivity contribution is 0.628. The van der Waals surface area contributed by atoms with Crippen LogP contribution in [0.3, 0.4) is 0 Å². The predicted molar refractivity (Wildman–Crippen MR) is 96.1 cm³/mol. The van der Waals surface area contributed by atoms with Gasteiger partial charge in [0, 0.05) is 18.3 Å². The third kappa shape index (κ3) is 4.78. The molecule has 0 fully saturated rings. The minimum absolute atomic E-state index is 0.273. The molecule has 2 aromatic rings. The van der Waals surface area contributed by atoms with E-state index in [1.165, 1.54) is 43.4 Å². The first kappa shape index (κ1) is 16.4. The molecule has 5 heteroatoms. The summed E-state index contributed by atoms with van der Waals surface area (Å²) in [6.07, 6.45) is 8.47. The Kier molecular flexibility index (Phi) is 5.41. The molecule has 0 amide bonds. The topological polar surface area (TPSA) is 49.8 Å². The molecule has 0 radical (unpaired) electrons.